The largest absolute Gasteiger partial charge is 0.371 e. The minimum Gasteiger partial charge on any atom is -0.371 e. The van der Waals surface area contributed by atoms with Crippen molar-refractivity contribution in [2.24, 2.45) is 21.8 Å². The summed E-state index contributed by atoms with van der Waals surface area (Å²) in [5, 5.41) is 0. The predicted octanol–water partition coefficient (Wildman–Crippen LogP) is 8.32. The highest BCUT2D eigenvalue weighted by Crippen LogP contribution is 2.26. The normalized spacial score (nSPS) is 21.4. The van der Waals surface area contributed by atoms with Gasteiger partial charge in [0.25, 0.3) is 0 Å². The smallest absolute Gasteiger partial charge is 0.183 e. The molecule has 1 fully saturated rings. The summed E-state index contributed by atoms with van der Waals surface area (Å²) in [7, 11) is 1.73. The summed E-state index contributed by atoms with van der Waals surface area (Å²) in [4.78, 5) is 24.8. The van der Waals surface area contributed by atoms with E-state index in [0.717, 1.165) is 60.5 Å². The van der Waals surface area contributed by atoms with Gasteiger partial charge < -0.3 is 4.90 Å². The zero-order valence-electron chi connectivity index (χ0n) is 25.0. The monoisotopic (exact) mass is 525 g/mol. The van der Waals surface area contributed by atoms with Gasteiger partial charge in [-0.25, -0.2) is 0 Å². The van der Waals surface area contributed by atoms with Crippen LogP contribution in [0.5, 0.6) is 0 Å². The van der Waals surface area contributed by atoms with Gasteiger partial charge in [-0.3, -0.25) is 14.8 Å². The molecule has 0 spiro atoms. The fourth-order valence-electron chi connectivity index (χ4n) is 4.79. The van der Waals surface area contributed by atoms with Crippen molar-refractivity contribution in [1.82, 2.24) is 4.90 Å². The maximum absolute atomic E-state index is 12.9. The van der Waals surface area contributed by atoms with Crippen LogP contribution >= 0.6 is 0 Å². The number of hydrogen-bond donors (Lipinski definition) is 0. The lowest BCUT2D eigenvalue weighted by Crippen LogP contribution is -2.26. The van der Waals surface area contributed by atoms with Gasteiger partial charge in [-0.05, 0) is 74.3 Å². The van der Waals surface area contributed by atoms with Crippen LogP contribution in [0.3, 0.4) is 0 Å². The summed E-state index contributed by atoms with van der Waals surface area (Å²) < 4.78 is 0. The molecule has 4 nitrogen and oxygen atoms in total. The second-order valence-electron chi connectivity index (χ2n) is 10.5. The first-order valence-corrected chi connectivity index (χ1v) is 14.0. The molecule has 0 aromatic carbocycles. The Morgan fingerprint density at radius 2 is 2.05 bits per heavy atom. The Labute approximate surface area is 237 Å². The number of hydrogen-bond acceptors (Lipinski definition) is 4. The summed E-state index contributed by atoms with van der Waals surface area (Å²) in [6.45, 7) is 29.0. The lowest BCUT2D eigenvalue weighted by molar-refractivity contribution is -0.111. The van der Waals surface area contributed by atoms with Crippen molar-refractivity contribution in [1.29, 1.82) is 0 Å². The fraction of sp³-hybridized carbons (Fsp3) is 0.400. The van der Waals surface area contributed by atoms with Crippen molar-refractivity contribution in [2.75, 3.05) is 20.1 Å². The van der Waals surface area contributed by atoms with E-state index in [9.17, 15) is 4.79 Å². The summed E-state index contributed by atoms with van der Waals surface area (Å²) in [5.74, 6) is 0.439. The van der Waals surface area contributed by atoms with Crippen LogP contribution < -0.4 is 0 Å². The van der Waals surface area contributed by atoms with Crippen LogP contribution in [-0.2, 0) is 4.79 Å². The van der Waals surface area contributed by atoms with E-state index in [2.05, 4.69) is 82.1 Å². The zero-order valence-corrected chi connectivity index (χ0v) is 25.0. The highest BCUT2D eigenvalue weighted by Gasteiger charge is 2.20. The summed E-state index contributed by atoms with van der Waals surface area (Å²) in [5.41, 5.74) is 8.15. The van der Waals surface area contributed by atoms with Gasteiger partial charge in [0.15, 0.2) is 5.78 Å². The molecule has 208 valence electrons. The molecule has 1 saturated heterocycles. The van der Waals surface area contributed by atoms with Gasteiger partial charge in [-0.1, -0.05) is 82.0 Å². The minimum atomic E-state index is -0.121. The molecule has 2 aliphatic rings. The lowest BCUT2D eigenvalue weighted by atomic mass is 9.90. The number of allylic oxidation sites excluding steroid dienone is 11. The lowest BCUT2D eigenvalue weighted by Gasteiger charge is -2.26. The van der Waals surface area contributed by atoms with Gasteiger partial charge >= 0.3 is 0 Å². The van der Waals surface area contributed by atoms with Crippen LogP contribution in [-0.4, -0.2) is 42.2 Å². The van der Waals surface area contributed by atoms with Gasteiger partial charge in [0, 0.05) is 44.0 Å². The average molecular weight is 526 g/mol. The molecule has 0 saturated carbocycles. The third-order valence-electron chi connectivity index (χ3n) is 7.46. The van der Waals surface area contributed by atoms with E-state index in [-0.39, 0.29) is 11.7 Å². The minimum absolute atomic E-state index is 0.108. The first-order valence-electron chi connectivity index (χ1n) is 14.0. The van der Waals surface area contributed by atoms with E-state index in [1.54, 1.807) is 13.1 Å². The Kier molecular flexibility index (Phi) is 12.3. The highest BCUT2D eigenvalue weighted by molar-refractivity contribution is 6.19. The molecule has 0 N–H and O–H groups in total. The molecule has 0 aromatic heterocycles. The second-order valence-corrected chi connectivity index (χ2v) is 10.5. The van der Waals surface area contributed by atoms with E-state index in [1.807, 2.05) is 25.2 Å². The van der Waals surface area contributed by atoms with Crippen molar-refractivity contribution in [2.45, 2.75) is 60.3 Å². The third-order valence-corrected chi connectivity index (χ3v) is 7.46. The second kappa shape index (κ2) is 15.2. The fourth-order valence-corrected chi connectivity index (χ4v) is 4.79. The molecular formula is C35H47N3O. The van der Waals surface area contributed by atoms with Gasteiger partial charge in [-0.2, -0.15) is 0 Å². The summed E-state index contributed by atoms with van der Waals surface area (Å²) >= 11 is 0. The number of nitrogens with zero attached hydrogens (tertiary/aromatic N) is 3. The van der Waals surface area contributed by atoms with E-state index in [1.165, 1.54) is 5.57 Å². The van der Waals surface area contributed by atoms with Crippen LogP contribution in [0.4, 0.5) is 0 Å². The standard InChI is InChI=1S/C35H47N3O/c1-11-24(4)19-27(7)32(25(5)12-2)21-33(36-10)34-22-35(39)28(8)20-30(37-34)16-17-31(13-3)38-18-14-15-26(6)29(9)23-38/h11,13,16-17,19,21-22,27,29H,1,5-6,8,12,14-15,18,20,23H2,2-4,7,9-10H3/b17-16-,24-19-,31-13+,32-21-,36-33+/t27?,29-/m1/s1. The molecule has 2 aliphatic heterocycles. The van der Waals surface area contributed by atoms with Crippen LogP contribution in [0.2, 0.25) is 0 Å². The van der Waals surface area contributed by atoms with Crippen molar-refractivity contribution in [3.63, 3.8) is 0 Å². The van der Waals surface area contributed by atoms with Gasteiger partial charge in [-0.15, -0.1) is 0 Å². The molecule has 1 unspecified atom stereocenters. The molecule has 0 aliphatic carbocycles. The first kappa shape index (κ1) is 31.7. The molecule has 2 atom stereocenters. The molecule has 4 heteroatoms. The number of carbonyl (C=O) groups excluding carboxylic acids is 1. The molecule has 39 heavy (non-hydrogen) atoms. The maximum Gasteiger partial charge on any atom is 0.183 e. The Bertz CT molecular complexity index is 1210. The number of rotatable bonds is 10. The molecule has 2 heterocycles. The van der Waals surface area contributed by atoms with Gasteiger partial charge in [0.05, 0.1) is 11.4 Å². The summed E-state index contributed by atoms with van der Waals surface area (Å²) in [6.07, 6.45) is 17.2. The van der Waals surface area contributed by atoms with E-state index in [0.29, 0.717) is 29.3 Å². The molecule has 0 radical (unpaired) electrons. The Morgan fingerprint density at radius 3 is 2.67 bits per heavy atom. The maximum atomic E-state index is 12.9. The van der Waals surface area contributed by atoms with Crippen molar-refractivity contribution in [3.8, 4) is 0 Å². The van der Waals surface area contributed by atoms with Gasteiger partial charge in [0.1, 0.15) is 0 Å². The Hall–Kier alpha value is -3.53. The summed E-state index contributed by atoms with van der Waals surface area (Å²) in [6, 6.07) is 0. The predicted molar refractivity (Wildman–Crippen MR) is 170 cm³/mol. The molecular weight excluding hydrogens is 478 g/mol. The topological polar surface area (TPSA) is 45.0 Å². The molecule has 0 aromatic rings. The quantitative estimate of drug-likeness (QED) is 0.125. The number of carbonyl (C=O) groups is 1. The van der Waals surface area contributed by atoms with Crippen molar-refractivity contribution >= 4 is 17.2 Å². The average Bonchev–Trinajstić information content (AvgIpc) is 3.17. The van der Waals surface area contributed by atoms with Crippen LogP contribution in [0.1, 0.15) is 60.3 Å². The molecule has 2 rings (SSSR count). The number of likely N-dealkylation sites (tertiary alicyclic amines) is 1. The Balaban J connectivity index is 2.47. The number of aliphatic imine (C=N–C) groups is 2. The molecule has 0 amide bonds. The number of ketones is 1. The van der Waals surface area contributed by atoms with Gasteiger partial charge in [0.2, 0.25) is 0 Å². The van der Waals surface area contributed by atoms with E-state index >= 15 is 0 Å². The zero-order chi connectivity index (χ0) is 29.1. The van der Waals surface area contributed by atoms with E-state index < -0.39 is 0 Å². The highest BCUT2D eigenvalue weighted by atomic mass is 16.1. The molecule has 0 bridgehead atoms. The van der Waals surface area contributed by atoms with Crippen LogP contribution in [0, 0.1) is 11.8 Å². The van der Waals surface area contributed by atoms with Crippen LogP contribution in [0.25, 0.3) is 0 Å². The van der Waals surface area contributed by atoms with Crippen molar-refractivity contribution < 1.29 is 4.79 Å². The van der Waals surface area contributed by atoms with Crippen molar-refractivity contribution in [3.05, 3.63) is 108 Å². The first-order chi connectivity index (χ1) is 18.5. The Morgan fingerprint density at radius 1 is 1.33 bits per heavy atom. The van der Waals surface area contributed by atoms with E-state index in [4.69, 9.17) is 4.99 Å². The SMILES string of the molecule is C=C/C(C)=C\C(C)/C(=C\C(=N/C)C1=CC(=O)C(=C)CC(/C=C\C(=C/C)N2CCCC(=C)[C@H](C)C2)=N1)C(=C)CC. The van der Waals surface area contributed by atoms with Crippen LogP contribution in [0.15, 0.2) is 118 Å². The third kappa shape index (κ3) is 9.02.